The Labute approximate surface area is 95.5 Å². The number of nitrogens with zero attached hydrogens (tertiary/aromatic N) is 1. The Morgan fingerprint density at radius 2 is 2.12 bits per heavy atom. The Morgan fingerprint density at radius 1 is 1.31 bits per heavy atom. The molecule has 1 aromatic heterocycles. The van der Waals surface area contributed by atoms with Crippen molar-refractivity contribution in [2.45, 2.75) is 13.5 Å². The van der Waals surface area contributed by atoms with Gasteiger partial charge in [-0.2, -0.15) is 0 Å². The van der Waals surface area contributed by atoms with E-state index in [0.29, 0.717) is 0 Å². The second kappa shape index (κ2) is 4.31. The van der Waals surface area contributed by atoms with Gasteiger partial charge in [-0.3, -0.25) is 0 Å². The summed E-state index contributed by atoms with van der Waals surface area (Å²) in [6.45, 7) is 2.83. The third kappa shape index (κ3) is 2.19. The fourth-order valence-electron chi connectivity index (χ4n) is 1.76. The number of rotatable bonds is 3. The molecule has 3 nitrogen and oxygen atoms in total. The Morgan fingerprint density at radius 3 is 2.75 bits per heavy atom. The molecule has 0 radical (unpaired) electrons. The van der Waals surface area contributed by atoms with Gasteiger partial charge in [-0.25, -0.2) is 0 Å². The highest BCUT2D eigenvalue weighted by Crippen LogP contribution is 2.24. The molecule has 0 aliphatic carbocycles. The minimum Gasteiger partial charge on any atom is -0.472 e. The van der Waals surface area contributed by atoms with E-state index in [1.165, 1.54) is 5.56 Å². The van der Waals surface area contributed by atoms with E-state index in [-0.39, 0.29) is 0 Å². The Balaban J connectivity index is 2.17. The van der Waals surface area contributed by atoms with E-state index in [0.717, 1.165) is 23.5 Å². The normalized spacial score (nSPS) is 10.4. The van der Waals surface area contributed by atoms with E-state index >= 15 is 0 Å². The molecule has 2 N–H and O–H groups in total. The van der Waals surface area contributed by atoms with Crippen molar-refractivity contribution < 1.29 is 4.42 Å². The molecule has 1 heterocycles. The second-order valence-corrected chi connectivity index (χ2v) is 4.05. The average Bonchev–Trinajstić information content (AvgIpc) is 2.70. The van der Waals surface area contributed by atoms with E-state index in [2.05, 4.69) is 11.0 Å². The zero-order chi connectivity index (χ0) is 11.5. The van der Waals surface area contributed by atoms with Crippen LogP contribution in [0.15, 0.2) is 41.2 Å². The Kier molecular flexibility index (Phi) is 2.86. The van der Waals surface area contributed by atoms with Gasteiger partial charge < -0.3 is 15.1 Å². The molecular weight excluding hydrogens is 200 g/mol. The average molecular weight is 216 g/mol. The fraction of sp³-hybridized carbons (Fsp3) is 0.231. The summed E-state index contributed by atoms with van der Waals surface area (Å²) in [6.07, 6.45) is 3.43. The summed E-state index contributed by atoms with van der Waals surface area (Å²) in [4.78, 5) is 2.11. The van der Waals surface area contributed by atoms with Crippen molar-refractivity contribution in [1.82, 2.24) is 0 Å². The van der Waals surface area contributed by atoms with Gasteiger partial charge >= 0.3 is 0 Å². The van der Waals surface area contributed by atoms with E-state index < -0.39 is 0 Å². The maximum Gasteiger partial charge on any atom is 0.0952 e. The molecule has 0 fully saturated rings. The van der Waals surface area contributed by atoms with Gasteiger partial charge in [-0.05, 0) is 30.7 Å². The third-order valence-electron chi connectivity index (χ3n) is 2.59. The van der Waals surface area contributed by atoms with Crippen molar-refractivity contribution in [3.63, 3.8) is 0 Å². The highest BCUT2D eigenvalue weighted by Gasteiger charge is 2.06. The first kappa shape index (κ1) is 10.6. The van der Waals surface area contributed by atoms with Crippen LogP contribution in [0.1, 0.15) is 11.1 Å². The number of hydrogen-bond acceptors (Lipinski definition) is 3. The van der Waals surface area contributed by atoms with Gasteiger partial charge in [0.1, 0.15) is 0 Å². The molecule has 0 atom stereocenters. The van der Waals surface area contributed by atoms with Gasteiger partial charge in [-0.1, -0.05) is 6.07 Å². The van der Waals surface area contributed by atoms with Gasteiger partial charge in [0.15, 0.2) is 0 Å². The first-order valence-corrected chi connectivity index (χ1v) is 5.25. The van der Waals surface area contributed by atoms with Crippen molar-refractivity contribution in [3.8, 4) is 0 Å². The van der Waals surface area contributed by atoms with Crippen LogP contribution in [-0.2, 0) is 6.54 Å². The molecule has 1 aromatic carbocycles. The highest BCUT2D eigenvalue weighted by atomic mass is 16.3. The SMILES string of the molecule is Cc1ccc(N(C)Cc2ccoc2)c(N)c1. The number of benzene rings is 1. The number of furan rings is 1. The Bertz CT molecular complexity index is 463. The number of hydrogen-bond donors (Lipinski definition) is 1. The molecule has 0 saturated carbocycles. The van der Waals surface area contributed by atoms with Gasteiger partial charge in [-0.15, -0.1) is 0 Å². The lowest BCUT2D eigenvalue weighted by Gasteiger charge is -2.20. The van der Waals surface area contributed by atoms with Crippen LogP contribution < -0.4 is 10.6 Å². The summed E-state index contributed by atoms with van der Waals surface area (Å²) >= 11 is 0. The van der Waals surface area contributed by atoms with E-state index in [9.17, 15) is 0 Å². The van der Waals surface area contributed by atoms with E-state index in [1.54, 1.807) is 12.5 Å². The molecular formula is C13H16N2O. The summed E-state index contributed by atoms with van der Waals surface area (Å²) in [5.74, 6) is 0. The molecule has 0 amide bonds. The van der Waals surface area contributed by atoms with Gasteiger partial charge in [0.2, 0.25) is 0 Å². The first-order chi connectivity index (χ1) is 7.66. The lowest BCUT2D eigenvalue weighted by Crippen LogP contribution is -2.17. The molecule has 84 valence electrons. The summed E-state index contributed by atoms with van der Waals surface area (Å²) in [6, 6.07) is 8.06. The molecule has 2 rings (SSSR count). The van der Waals surface area contributed by atoms with Crippen molar-refractivity contribution in [3.05, 3.63) is 47.9 Å². The predicted molar refractivity (Wildman–Crippen MR) is 66.4 cm³/mol. The summed E-state index contributed by atoms with van der Waals surface area (Å²) in [5.41, 5.74) is 10.2. The quantitative estimate of drug-likeness (QED) is 0.802. The maximum atomic E-state index is 5.99. The molecule has 0 bridgehead atoms. The van der Waals surface area contributed by atoms with Gasteiger partial charge in [0.25, 0.3) is 0 Å². The number of nitrogen functional groups attached to an aromatic ring is 1. The molecule has 0 aliphatic heterocycles. The summed E-state index contributed by atoms with van der Waals surface area (Å²) in [7, 11) is 2.02. The van der Waals surface area contributed by atoms with Gasteiger partial charge in [0, 0.05) is 19.2 Å². The molecule has 0 spiro atoms. The molecule has 2 aromatic rings. The minimum atomic E-state index is 0.795. The van der Waals surface area contributed by atoms with Crippen LogP contribution in [0.4, 0.5) is 11.4 Å². The topological polar surface area (TPSA) is 42.4 Å². The molecule has 16 heavy (non-hydrogen) atoms. The predicted octanol–water partition coefficient (Wildman–Crippen LogP) is 2.81. The number of aryl methyl sites for hydroxylation is 1. The molecule has 0 aliphatic rings. The Hall–Kier alpha value is -1.90. The van der Waals surface area contributed by atoms with Crippen LogP contribution in [0.2, 0.25) is 0 Å². The maximum absolute atomic E-state index is 5.99. The first-order valence-electron chi connectivity index (χ1n) is 5.25. The van der Waals surface area contributed by atoms with Crippen LogP contribution in [-0.4, -0.2) is 7.05 Å². The van der Waals surface area contributed by atoms with Crippen LogP contribution in [0.25, 0.3) is 0 Å². The van der Waals surface area contributed by atoms with Crippen molar-refractivity contribution >= 4 is 11.4 Å². The zero-order valence-corrected chi connectivity index (χ0v) is 9.60. The highest BCUT2D eigenvalue weighted by molar-refractivity contribution is 5.68. The van der Waals surface area contributed by atoms with E-state index in [1.807, 2.05) is 32.2 Å². The number of anilines is 2. The largest absolute Gasteiger partial charge is 0.472 e. The molecule has 0 saturated heterocycles. The van der Waals surface area contributed by atoms with Crippen molar-refractivity contribution in [2.75, 3.05) is 17.7 Å². The second-order valence-electron chi connectivity index (χ2n) is 4.05. The standard InChI is InChI=1S/C13H16N2O/c1-10-3-4-13(12(14)7-10)15(2)8-11-5-6-16-9-11/h3-7,9H,8,14H2,1-2H3. The summed E-state index contributed by atoms with van der Waals surface area (Å²) in [5, 5.41) is 0. The van der Waals surface area contributed by atoms with Crippen molar-refractivity contribution in [1.29, 1.82) is 0 Å². The van der Waals surface area contributed by atoms with Crippen molar-refractivity contribution in [2.24, 2.45) is 0 Å². The summed E-state index contributed by atoms with van der Waals surface area (Å²) < 4.78 is 5.04. The van der Waals surface area contributed by atoms with Crippen LogP contribution in [0, 0.1) is 6.92 Å². The van der Waals surface area contributed by atoms with Gasteiger partial charge in [0.05, 0.1) is 23.9 Å². The smallest absolute Gasteiger partial charge is 0.0952 e. The number of nitrogens with two attached hydrogens (primary N) is 1. The fourth-order valence-corrected chi connectivity index (χ4v) is 1.76. The monoisotopic (exact) mass is 216 g/mol. The molecule has 3 heteroatoms. The zero-order valence-electron chi connectivity index (χ0n) is 9.60. The lowest BCUT2D eigenvalue weighted by molar-refractivity contribution is 0.563. The van der Waals surface area contributed by atoms with Crippen LogP contribution >= 0.6 is 0 Å². The minimum absolute atomic E-state index is 0.795. The lowest BCUT2D eigenvalue weighted by atomic mass is 10.1. The molecule has 0 unspecified atom stereocenters. The van der Waals surface area contributed by atoms with Crippen LogP contribution in [0.3, 0.4) is 0 Å². The van der Waals surface area contributed by atoms with E-state index in [4.69, 9.17) is 10.2 Å². The van der Waals surface area contributed by atoms with Crippen LogP contribution in [0.5, 0.6) is 0 Å². The third-order valence-corrected chi connectivity index (χ3v) is 2.59.